The summed E-state index contributed by atoms with van der Waals surface area (Å²) in [6, 6.07) is 23.3. The van der Waals surface area contributed by atoms with Gasteiger partial charge >= 0.3 is 0 Å². The van der Waals surface area contributed by atoms with Gasteiger partial charge in [0.15, 0.2) is 5.84 Å². The van der Waals surface area contributed by atoms with Crippen LogP contribution in [0, 0.1) is 13.8 Å². The number of sulfonamides is 1. The lowest BCUT2D eigenvalue weighted by molar-refractivity contribution is -0.112. The minimum absolute atomic E-state index is 0.0884. The van der Waals surface area contributed by atoms with Gasteiger partial charge in [-0.15, -0.1) is 4.40 Å². The Labute approximate surface area is 194 Å². The molecule has 0 aliphatic rings. The van der Waals surface area contributed by atoms with Crippen molar-refractivity contribution in [2.75, 3.05) is 16.9 Å². The van der Waals surface area contributed by atoms with Gasteiger partial charge in [0.25, 0.3) is 15.9 Å². The number of nitrogens with zero attached hydrogens (tertiary/aromatic N) is 1. The van der Waals surface area contributed by atoms with E-state index < -0.39 is 15.9 Å². The van der Waals surface area contributed by atoms with E-state index >= 15 is 0 Å². The highest BCUT2D eigenvalue weighted by Gasteiger charge is 2.23. The number of para-hydroxylation sites is 1. The van der Waals surface area contributed by atoms with Crippen molar-refractivity contribution in [2.45, 2.75) is 13.8 Å². The van der Waals surface area contributed by atoms with Crippen LogP contribution in [0.3, 0.4) is 0 Å². The van der Waals surface area contributed by atoms with Crippen molar-refractivity contribution >= 4 is 38.8 Å². The fraction of sp³-hybridized carbons (Fsp3) is 0.120. The first kappa shape index (κ1) is 23.7. The van der Waals surface area contributed by atoms with Crippen molar-refractivity contribution in [3.8, 4) is 0 Å². The number of nitrogens with one attached hydrogen (secondary N) is 2. The Kier molecular flexibility index (Phi) is 7.30. The Balaban J connectivity index is 2.16. The number of nitrogens with two attached hydrogens (primary N) is 1. The van der Waals surface area contributed by atoms with E-state index in [0.717, 1.165) is 17.4 Å². The van der Waals surface area contributed by atoms with Crippen molar-refractivity contribution in [2.24, 2.45) is 10.1 Å². The van der Waals surface area contributed by atoms with Crippen molar-refractivity contribution in [3.05, 3.63) is 101 Å². The topological polar surface area (TPSA) is 114 Å². The van der Waals surface area contributed by atoms with E-state index in [-0.39, 0.29) is 17.1 Å². The molecule has 4 N–H and O–H groups in total. The lowest BCUT2D eigenvalue weighted by Gasteiger charge is -2.17. The number of hydrogen-bond donors (Lipinski definition) is 3. The summed E-state index contributed by atoms with van der Waals surface area (Å²) in [5.74, 6) is -0.769. The maximum absolute atomic E-state index is 13.4. The van der Waals surface area contributed by atoms with Gasteiger partial charge in [0, 0.05) is 11.4 Å². The molecule has 170 valence electrons. The molecule has 0 saturated carbocycles. The molecule has 0 atom stereocenters. The number of amidine groups is 1. The van der Waals surface area contributed by atoms with Crippen molar-refractivity contribution in [1.82, 2.24) is 0 Å². The second kappa shape index (κ2) is 10.1. The van der Waals surface area contributed by atoms with E-state index in [0.29, 0.717) is 16.9 Å². The van der Waals surface area contributed by atoms with Crippen LogP contribution in [-0.2, 0) is 14.8 Å². The highest BCUT2D eigenvalue weighted by atomic mass is 32.2. The van der Waals surface area contributed by atoms with E-state index in [4.69, 9.17) is 5.73 Å². The summed E-state index contributed by atoms with van der Waals surface area (Å²) in [5, 5.41) is 5.74. The van der Waals surface area contributed by atoms with Crippen molar-refractivity contribution in [3.63, 3.8) is 0 Å². The number of anilines is 2. The van der Waals surface area contributed by atoms with E-state index in [1.165, 1.54) is 0 Å². The molecule has 0 heterocycles. The van der Waals surface area contributed by atoms with Gasteiger partial charge in [0.05, 0.1) is 12.0 Å². The molecule has 0 unspecified atom stereocenters. The molecule has 33 heavy (non-hydrogen) atoms. The van der Waals surface area contributed by atoms with Gasteiger partial charge in [0.2, 0.25) is 0 Å². The number of carbonyl (C=O) groups excluding carboxylic acids is 1. The Morgan fingerprint density at radius 3 is 1.85 bits per heavy atom. The molecule has 0 aromatic heterocycles. The molecule has 8 heteroatoms. The summed E-state index contributed by atoms with van der Waals surface area (Å²) < 4.78 is 28.1. The Morgan fingerprint density at radius 2 is 1.30 bits per heavy atom. The molecule has 0 spiro atoms. The van der Waals surface area contributed by atoms with Crippen LogP contribution in [0.2, 0.25) is 0 Å². The van der Waals surface area contributed by atoms with E-state index in [1.807, 2.05) is 44.2 Å². The molecule has 3 rings (SSSR count). The maximum atomic E-state index is 13.4. The van der Waals surface area contributed by atoms with Crippen LogP contribution in [0.4, 0.5) is 11.4 Å². The van der Waals surface area contributed by atoms with Gasteiger partial charge in [0.1, 0.15) is 5.57 Å². The zero-order valence-corrected chi connectivity index (χ0v) is 19.5. The van der Waals surface area contributed by atoms with Crippen LogP contribution >= 0.6 is 0 Å². The number of amides is 1. The fourth-order valence-electron chi connectivity index (χ4n) is 3.02. The van der Waals surface area contributed by atoms with Gasteiger partial charge in [-0.05, 0) is 43.7 Å². The Hall–Kier alpha value is -3.91. The van der Waals surface area contributed by atoms with Crippen molar-refractivity contribution < 1.29 is 13.2 Å². The molecule has 7 nitrogen and oxygen atoms in total. The predicted octanol–water partition coefficient (Wildman–Crippen LogP) is 4.08. The normalized spacial score (nSPS) is 12.6. The standard InChI is InChI=1S/C25H26N4O3S/c1-17-9-13-19(14-10-17)23(26)22(25(30)28-21-15-11-18(2)12-16-21)24(29-33(3,31)32)27-20-7-5-4-6-8-20/h4-16H,26H2,1-3H3,(H,27,29)(H,28,30)/b23-22-. The second-order valence-corrected chi connectivity index (χ2v) is 9.29. The molecule has 0 aliphatic carbocycles. The van der Waals surface area contributed by atoms with Crippen LogP contribution in [-0.4, -0.2) is 26.4 Å². The Morgan fingerprint density at radius 1 is 0.788 bits per heavy atom. The summed E-state index contributed by atoms with van der Waals surface area (Å²) in [7, 11) is -3.87. The lowest BCUT2D eigenvalue weighted by atomic mass is 10.0. The van der Waals surface area contributed by atoms with Gasteiger partial charge in [-0.3, -0.25) is 4.79 Å². The minimum Gasteiger partial charge on any atom is -0.397 e. The summed E-state index contributed by atoms with van der Waals surface area (Å²) >= 11 is 0. The quantitative estimate of drug-likeness (QED) is 0.290. The molecule has 0 saturated heterocycles. The first-order valence-corrected chi connectivity index (χ1v) is 12.0. The third kappa shape index (κ3) is 6.78. The average molecular weight is 463 g/mol. The SMILES string of the molecule is Cc1ccc(NC(=O)C(/C(=N/S(C)(=O)=O)Nc2ccccc2)=C(\N)c2ccc(C)cc2)cc1. The van der Waals surface area contributed by atoms with Crippen LogP contribution < -0.4 is 16.4 Å². The van der Waals surface area contributed by atoms with E-state index in [1.54, 1.807) is 48.5 Å². The molecule has 0 bridgehead atoms. The van der Waals surface area contributed by atoms with E-state index in [9.17, 15) is 13.2 Å². The van der Waals surface area contributed by atoms with Gasteiger partial charge in [-0.2, -0.15) is 0 Å². The molecular weight excluding hydrogens is 436 g/mol. The zero-order valence-electron chi connectivity index (χ0n) is 18.7. The largest absolute Gasteiger partial charge is 0.397 e. The second-order valence-electron chi connectivity index (χ2n) is 7.64. The number of benzene rings is 3. The average Bonchev–Trinajstić information content (AvgIpc) is 2.75. The summed E-state index contributed by atoms with van der Waals surface area (Å²) in [6.45, 7) is 3.87. The molecule has 1 amide bonds. The smallest absolute Gasteiger partial charge is 0.261 e. The van der Waals surface area contributed by atoms with Gasteiger partial charge in [-0.25, -0.2) is 8.42 Å². The van der Waals surface area contributed by atoms with Crippen molar-refractivity contribution in [1.29, 1.82) is 0 Å². The van der Waals surface area contributed by atoms with Gasteiger partial charge < -0.3 is 16.4 Å². The molecule has 3 aromatic rings. The van der Waals surface area contributed by atoms with E-state index in [2.05, 4.69) is 15.0 Å². The number of carbonyl (C=O) groups is 1. The third-order valence-electron chi connectivity index (χ3n) is 4.70. The first-order chi connectivity index (χ1) is 15.6. The molecule has 0 fully saturated rings. The Bertz CT molecular complexity index is 1300. The maximum Gasteiger partial charge on any atom is 0.261 e. The van der Waals surface area contributed by atoms with Crippen LogP contribution in [0.5, 0.6) is 0 Å². The summed E-state index contributed by atoms with van der Waals surface area (Å²) in [5.41, 5.74) is 10.2. The van der Waals surface area contributed by atoms with Gasteiger partial charge in [-0.1, -0.05) is 65.7 Å². The third-order valence-corrected chi connectivity index (χ3v) is 5.21. The number of hydrogen-bond acceptors (Lipinski definition) is 4. The highest BCUT2D eigenvalue weighted by Crippen LogP contribution is 2.20. The first-order valence-electron chi connectivity index (χ1n) is 10.2. The molecule has 0 radical (unpaired) electrons. The zero-order chi connectivity index (χ0) is 24.0. The molecule has 3 aromatic carbocycles. The summed E-state index contributed by atoms with van der Waals surface area (Å²) in [6.07, 6.45) is 0.956. The summed E-state index contributed by atoms with van der Waals surface area (Å²) in [4.78, 5) is 13.4. The lowest BCUT2D eigenvalue weighted by Crippen LogP contribution is -2.29. The number of aryl methyl sites for hydroxylation is 2. The molecule has 0 aliphatic heterocycles. The monoisotopic (exact) mass is 462 g/mol. The minimum atomic E-state index is -3.87. The van der Waals surface area contributed by atoms with Crippen LogP contribution in [0.1, 0.15) is 16.7 Å². The van der Waals surface area contributed by atoms with Crippen LogP contribution in [0.15, 0.2) is 88.8 Å². The number of rotatable bonds is 6. The predicted molar refractivity (Wildman–Crippen MR) is 134 cm³/mol. The molecular formula is C25H26N4O3S. The fourth-order valence-corrected chi connectivity index (χ4v) is 3.49. The highest BCUT2D eigenvalue weighted by molar-refractivity contribution is 7.89. The van der Waals surface area contributed by atoms with Crippen LogP contribution in [0.25, 0.3) is 5.70 Å².